The van der Waals surface area contributed by atoms with Gasteiger partial charge in [-0.2, -0.15) is 0 Å². The minimum Gasteiger partial charge on any atom is -0.481 e. The predicted molar refractivity (Wildman–Crippen MR) is 165 cm³/mol. The van der Waals surface area contributed by atoms with E-state index in [1.165, 1.54) is 25.0 Å². The summed E-state index contributed by atoms with van der Waals surface area (Å²) in [5.41, 5.74) is -1.51. The maximum absolute atomic E-state index is 16.9. The van der Waals surface area contributed by atoms with Crippen LogP contribution >= 0.6 is 23.2 Å². The summed E-state index contributed by atoms with van der Waals surface area (Å²) >= 11 is 12.4. The van der Waals surface area contributed by atoms with E-state index >= 15 is 4.39 Å². The Hall–Kier alpha value is -3.01. The van der Waals surface area contributed by atoms with E-state index in [0.29, 0.717) is 64.8 Å². The first-order chi connectivity index (χ1) is 21.0. The fraction of sp³-hybridized carbons (Fsp3) is 0.412. The van der Waals surface area contributed by atoms with Crippen molar-refractivity contribution in [1.29, 1.82) is 0 Å². The molecule has 7 nitrogen and oxygen atoms in total. The molecule has 0 spiro atoms. The summed E-state index contributed by atoms with van der Waals surface area (Å²) in [6.07, 6.45) is 1.36. The van der Waals surface area contributed by atoms with Gasteiger partial charge in [0, 0.05) is 41.5 Å². The molecular formula is C34H36Cl2FNO6. The van der Waals surface area contributed by atoms with Gasteiger partial charge in [0.05, 0.1) is 24.0 Å². The third-order valence-electron chi connectivity index (χ3n) is 9.28. The zero-order valence-corrected chi connectivity index (χ0v) is 26.4. The van der Waals surface area contributed by atoms with Crippen LogP contribution in [0.4, 0.5) is 4.39 Å². The van der Waals surface area contributed by atoms with Gasteiger partial charge in [0.15, 0.2) is 5.72 Å². The Balaban J connectivity index is 1.79. The number of halogens is 3. The van der Waals surface area contributed by atoms with Crippen LogP contribution in [0.1, 0.15) is 67.0 Å². The normalized spacial score (nSPS) is 21.8. The van der Waals surface area contributed by atoms with E-state index in [-0.39, 0.29) is 17.9 Å². The Bertz CT molecular complexity index is 1530. The van der Waals surface area contributed by atoms with E-state index < -0.39 is 41.0 Å². The van der Waals surface area contributed by atoms with Crippen LogP contribution in [0, 0.1) is 17.7 Å². The summed E-state index contributed by atoms with van der Waals surface area (Å²) in [6.45, 7) is 4.37. The van der Waals surface area contributed by atoms with Gasteiger partial charge in [0.2, 0.25) is 5.91 Å². The quantitative estimate of drug-likeness (QED) is 0.265. The van der Waals surface area contributed by atoms with Crippen LogP contribution in [0.3, 0.4) is 0 Å². The molecule has 44 heavy (non-hydrogen) atoms. The first kappa shape index (κ1) is 32.4. The molecule has 2 N–H and O–H groups in total. The third kappa shape index (κ3) is 5.52. The number of aliphatic carboxylic acids is 1. The minimum atomic E-state index is -1.88. The molecule has 2 aliphatic heterocycles. The topological polar surface area (TPSA) is 96.3 Å². The highest BCUT2D eigenvalue weighted by molar-refractivity contribution is 6.30. The number of hydrogen-bond acceptors (Lipinski definition) is 5. The van der Waals surface area contributed by atoms with Crippen LogP contribution in [-0.4, -0.2) is 47.3 Å². The minimum absolute atomic E-state index is 0.0765. The Morgan fingerprint density at radius 2 is 1.70 bits per heavy atom. The number of carbonyl (C=O) groups is 2. The Morgan fingerprint density at radius 3 is 2.25 bits per heavy atom. The van der Waals surface area contributed by atoms with Crippen molar-refractivity contribution in [2.24, 2.45) is 11.8 Å². The largest absolute Gasteiger partial charge is 0.481 e. The number of carboxylic acids is 1. The highest BCUT2D eigenvalue weighted by Crippen LogP contribution is 2.51. The van der Waals surface area contributed by atoms with Crippen molar-refractivity contribution in [3.8, 4) is 0 Å². The average Bonchev–Trinajstić information content (AvgIpc) is 3.02. The number of aliphatic hydroxyl groups is 1. The summed E-state index contributed by atoms with van der Waals surface area (Å²) in [6, 6.07) is 15.0. The van der Waals surface area contributed by atoms with E-state index in [1.807, 2.05) is 6.92 Å². The smallest absolute Gasteiger partial charge is 0.308 e. The van der Waals surface area contributed by atoms with Gasteiger partial charge in [-0.25, -0.2) is 4.39 Å². The zero-order valence-electron chi connectivity index (χ0n) is 24.9. The highest BCUT2D eigenvalue weighted by Gasteiger charge is 2.55. The molecule has 5 rings (SSSR count). The third-order valence-corrected chi connectivity index (χ3v) is 9.78. The molecule has 1 unspecified atom stereocenters. The van der Waals surface area contributed by atoms with Crippen LogP contribution in [0.5, 0.6) is 0 Å². The summed E-state index contributed by atoms with van der Waals surface area (Å²) in [5, 5.41) is 23.0. The monoisotopic (exact) mass is 643 g/mol. The zero-order chi connectivity index (χ0) is 31.8. The average molecular weight is 645 g/mol. The van der Waals surface area contributed by atoms with Gasteiger partial charge in [-0.05, 0) is 79.1 Å². The van der Waals surface area contributed by atoms with Crippen molar-refractivity contribution < 1.29 is 33.7 Å². The number of amides is 1. The van der Waals surface area contributed by atoms with Crippen LogP contribution in [0.15, 0.2) is 60.7 Å². The molecule has 0 radical (unpaired) electrons. The molecule has 2 aliphatic rings. The number of methoxy groups -OCH3 is 1. The standard InChI is InChI=1S/C34H36Cl2FNO6/c1-4-33(42,23-13-15-44-16-14-23)25-17-22-18-29(39)38(31(20(2)32(40)41)21-5-9-26(35)10-6-21)34(43-3,30(22)28(37)19-25)24-7-11-27(36)12-8-24/h5-12,17,19-20,23,31,42H,4,13-16,18H2,1-3H3,(H,40,41)/t20-,31-,33-,34?/m0/s1. The van der Waals surface area contributed by atoms with E-state index in [2.05, 4.69) is 0 Å². The van der Waals surface area contributed by atoms with Gasteiger partial charge in [-0.15, -0.1) is 0 Å². The lowest BCUT2D eigenvalue weighted by Gasteiger charge is -2.51. The fourth-order valence-corrected chi connectivity index (χ4v) is 7.22. The van der Waals surface area contributed by atoms with Crippen molar-refractivity contribution in [2.45, 2.75) is 56.9 Å². The molecule has 10 heteroatoms. The Labute approximate surface area is 266 Å². The summed E-state index contributed by atoms with van der Waals surface area (Å²) in [5.74, 6) is -3.56. The number of carboxylic acid groups (broad SMARTS) is 1. The molecule has 2 heterocycles. The van der Waals surface area contributed by atoms with Crippen LogP contribution in [0.2, 0.25) is 10.0 Å². The van der Waals surface area contributed by atoms with Crippen LogP contribution < -0.4 is 0 Å². The van der Waals surface area contributed by atoms with E-state index in [4.69, 9.17) is 32.7 Å². The molecule has 3 aromatic carbocycles. The number of hydrogen-bond donors (Lipinski definition) is 2. The predicted octanol–water partition coefficient (Wildman–Crippen LogP) is 6.85. The molecule has 4 atom stereocenters. The second-order valence-electron chi connectivity index (χ2n) is 11.6. The van der Waals surface area contributed by atoms with Crippen molar-refractivity contribution in [3.05, 3.63) is 104 Å². The number of benzene rings is 3. The number of nitrogens with zero attached hydrogens (tertiary/aromatic N) is 1. The van der Waals surface area contributed by atoms with Crippen LogP contribution in [0.25, 0.3) is 0 Å². The lowest BCUT2D eigenvalue weighted by Crippen LogP contribution is -2.59. The molecule has 0 bridgehead atoms. The molecule has 0 saturated carbocycles. The number of ether oxygens (including phenoxy) is 2. The van der Waals surface area contributed by atoms with Gasteiger partial charge in [-0.3, -0.25) is 14.5 Å². The highest BCUT2D eigenvalue weighted by atomic mass is 35.5. The van der Waals surface area contributed by atoms with Crippen molar-refractivity contribution in [3.63, 3.8) is 0 Å². The van der Waals surface area contributed by atoms with E-state index in [9.17, 15) is 19.8 Å². The van der Waals surface area contributed by atoms with Gasteiger partial charge in [-0.1, -0.05) is 60.5 Å². The summed E-state index contributed by atoms with van der Waals surface area (Å²) in [4.78, 5) is 28.3. The molecule has 1 saturated heterocycles. The molecule has 0 aromatic heterocycles. The molecule has 1 fully saturated rings. The number of fused-ring (bicyclic) bond motifs is 1. The lowest BCUT2D eigenvalue weighted by molar-refractivity contribution is -0.180. The number of carbonyl (C=O) groups excluding carboxylic acids is 1. The van der Waals surface area contributed by atoms with Crippen molar-refractivity contribution >= 4 is 35.1 Å². The number of rotatable bonds is 9. The summed E-state index contributed by atoms with van der Waals surface area (Å²) < 4.78 is 28.6. The van der Waals surface area contributed by atoms with Crippen molar-refractivity contribution in [1.82, 2.24) is 4.90 Å². The van der Waals surface area contributed by atoms with Crippen LogP contribution in [-0.2, 0) is 36.8 Å². The van der Waals surface area contributed by atoms with Gasteiger partial charge < -0.3 is 19.7 Å². The van der Waals surface area contributed by atoms with E-state index in [0.717, 1.165) is 0 Å². The van der Waals surface area contributed by atoms with Gasteiger partial charge in [0.1, 0.15) is 5.82 Å². The molecule has 1 amide bonds. The lowest BCUT2D eigenvalue weighted by atomic mass is 9.73. The second kappa shape index (κ2) is 12.8. The summed E-state index contributed by atoms with van der Waals surface area (Å²) in [7, 11) is 1.37. The molecular weight excluding hydrogens is 608 g/mol. The SMILES string of the molecule is CC[C@@](O)(c1cc(F)c2c(c1)CC(=O)N([C@H](c1ccc(Cl)cc1)[C@H](C)C(=O)O)C2(OC)c1ccc(Cl)cc1)C1CCOCC1. The van der Waals surface area contributed by atoms with Gasteiger partial charge >= 0.3 is 5.97 Å². The molecule has 0 aliphatic carbocycles. The van der Waals surface area contributed by atoms with Crippen molar-refractivity contribution in [2.75, 3.05) is 20.3 Å². The maximum Gasteiger partial charge on any atom is 0.308 e. The second-order valence-corrected chi connectivity index (χ2v) is 12.4. The van der Waals surface area contributed by atoms with Gasteiger partial charge in [0.25, 0.3) is 0 Å². The fourth-order valence-electron chi connectivity index (χ4n) is 6.97. The Kier molecular flexibility index (Phi) is 9.40. The Morgan fingerprint density at radius 1 is 1.11 bits per heavy atom. The van der Waals surface area contributed by atoms with E-state index in [1.54, 1.807) is 54.6 Å². The first-order valence-electron chi connectivity index (χ1n) is 14.7. The maximum atomic E-state index is 16.9. The molecule has 3 aromatic rings. The first-order valence-corrected chi connectivity index (χ1v) is 15.5. The molecule has 234 valence electrons.